The molecule has 1 aliphatic heterocycles. The summed E-state index contributed by atoms with van der Waals surface area (Å²) in [6, 6.07) is 11.4. The lowest BCUT2D eigenvalue weighted by Gasteiger charge is -2.25. The van der Waals surface area contributed by atoms with Gasteiger partial charge in [0, 0.05) is 13.1 Å². The molecule has 0 bridgehead atoms. The van der Waals surface area contributed by atoms with Gasteiger partial charge in [-0.3, -0.25) is 9.69 Å². The average molecular weight is 436 g/mol. The van der Waals surface area contributed by atoms with Crippen molar-refractivity contribution in [3.05, 3.63) is 63.1 Å². The first-order valence-corrected chi connectivity index (χ1v) is 10.1. The van der Waals surface area contributed by atoms with E-state index in [0.29, 0.717) is 41.2 Å². The Morgan fingerprint density at radius 3 is 2.66 bits per heavy atom. The summed E-state index contributed by atoms with van der Waals surface area (Å²) in [5.41, 5.74) is 5.37. The zero-order valence-electron chi connectivity index (χ0n) is 16.2. The minimum atomic E-state index is -0.182. The number of hydrogen-bond donors (Lipinski definition) is 1. The Morgan fingerprint density at radius 1 is 1.24 bits per heavy atom. The maximum atomic E-state index is 12.0. The largest absolute Gasteiger partial charge is 0.486 e. The molecular weight excluding hydrogens is 413 g/mol. The van der Waals surface area contributed by atoms with E-state index in [2.05, 4.69) is 10.5 Å². The number of amides is 1. The summed E-state index contributed by atoms with van der Waals surface area (Å²) in [5.74, 6) is 0.238. The highest BCUT2D eigenvalue weighted by molar-refractivity contribution is 6.37. The molecule has 2 aromatic rings. The van der Waals surface area contributed by atoms with E-state index in [1.807, 2.05) is 36.1 Å². The Kier molecular flexibility index (Phi) is 7.89. The first kappa shape index (κ1) is 21.6. The average Bonchev–Trinajstić information content (AvgIpc) is 2.68. The summed E-state index contributed by atoms with van der Waals surface area (Å²) in [6.45, 7) is 5.45. The molecular formula is C21H23Cl2N3O3. The van der Waals surface area contributed by atoms with E-state index < -0.39 is 0 Å². The van der Waals surface area contributed by atoms with Crippen molar-refractivity contribution in [1.82, 2.24) is 10.3 Å². The van der Waals surface area contributed by atoms with Crippen LogP contribution in [0.4, 0.5) is 0 Å². The van der Waals surface area contributed by atoms with E-state index in [4.69, 9.17) is 32.7 Å². The fourth-order valence-electron chi connectivity index (χ4n) is 2.93. The van der Waals surface area contributed by atoms with E-state index >= 15 is 0 Å². The quantitative estimate of drug-likeness (QED) is 0.532. The highest BCUT2D eigenvalue weighted by Crippen LogP contribution is 2.34. The van der Waals surface area contributed by atoms with Crippen molar-refractivity contribution in [1.29, 1.82) is 0 Å². The molecule has 1 amide bonds. The molecule has 29 heavy (non-hydrogen) atoms. The van der Waals surface area contributed by atoms with E-state index in [-0.39, 0.29) is 12.5 Å². The summed E-state index contributed by atoms with van der Waals surface area (Å²) < 4.78 is 11.1. The molecule has 1 heterocycles. The van der Waals surface area contributed by atoms with Crippen LogP contribution in [0.5, 0.6) is 5.75 Å². The molecule has 0 atom stereocenters. The maximum Gasteiger partial charge on any atom is 0.254 e. The van der Waals surface area contributed by atoms with E-state index in [9.17, 15) is 4.79 Å². The Balaban J connectivity index is 1.55. The molecule has 0 radical (unpaired) electrons. The van der Waals surface area contributed by atoms with E-state index in [0.717, 1.165) is 24.2 Å². The number of rotatable bonds is 7. The summed E-state index contributed by atoms with van der Waals surface area (Å²) in [5, 5.41) is 4.74. The topological polar surface area (TPSA) is 63.2 Å². The van der Waals surface area contributed by atoms with Crippen LogP contribution >= 0.6 is 23.2 Å². The molecule has 3 rings (SSSR count). The third kappa shape index (κ3) is 6.72. The summed E-state index contributed by atoms with van der Waals surface area (Å²) >= 11 is 12.7. The van der Waals surface area contributed by atoms with Crippen LogP contribution in [0.1, 0.15) is 16.7 Å². The molecule has 0 saturated carbocycles. The lowest BCUT2D eigenvalue weighted by atomic mass is 10.1. The second kappa shape index (κ2) is 10.6. The Bertz CT molecular complexity index is 860. The van der Waals surface area contributed by atoms with Gasteiger partial charge in [-0.15, -0.1) is 0 Å². The molecule has 0 unspecified atom stereocenters. The lowest BCUT2D eigenvalue weighted by molar-refractivity contribution is -0.123. The van der Waals surface area contributed by atoms with Crippen molar-refractivity contribution >= 4 is 35.3 Å². The number of benzene rings is 2. The summed E-state index contributed by atoms with van der Waals surface area (Å²) in [4.78, 5) is 14.0. The number of nitrogens with one attached hydrogen (secondary N) is 1. The molecule has 6 nitrogen and oxygen atoms in total. The van der Waals surface area contributed by atoms with E-state index in [1.165, 1.54) is 6.21 Å². The predicted octanol–water partition coefficient (Wildman–Crippen LogP) is 3.66. The third-order valence-corrected chi connectivity index (χ3v) is 4.92. The molecule has 1 aliphatic rings. The second-order valence-electron chi connectivity index (χ2n) is 6.77. The highest BCUT2D eigenvalue weighted by atomic mass is 35.5. The van der Waals surface area contributed by atoms with Crippen LogP contribution in [0, 0.1) is 6.92 Å². The number of morpholine rings is 1. The van der Waals surface area contributed by atoms with Crippen LogP contribution in [0.3, 0.4) is 0 Å². The first-order chi connectivity index (χ1) is 14.0. The number of aryl methyl sites for hydroxylation is 1. The van der Waals surface area contributed by atoms with Gasteiger partial charge in [-0.1, -0.05) is 53.0 Å². The van der Waals surface area contributed by atoms with Crippen LogP contribution in [-0.4, -0.2) is 49.9 Å². The number of carbonyl (C=O) groups excluding carboxylic acids is 1. The number of ether oxygens (including phenoxy) is 2. The van der Waals surface area contributed by atoms with E-state index in [1.54, 1.807) is 12.1 Å². The van der Waals surface area contributed by atoms with Crippen molar-refractivity contribution in [2.24, 2.45) is 5.10 Å². The molecule has 0 aromatic heterocycles. The molecule has 1 fully saturated rings. The molecule has 1 N–H and O–H groups in total. The fraction of sp³-hybridized carbons (Fsp3) is 0.333. The van der Waals surface area contributed by atoms with Gasteiger partial charge in [0.1, 0.15) is 6.61 Å². The summed E-state index contributed by atoms with van der Waals surface area (Å²) in [6.07, 6.45) is 1.50. The molecule has 1 saturated heterocycles. The third-order valence-electron chi connectivity index (χ3n) is 4.36. The second-order valence-corrected chi connectivity index (χ2v) is 7.59. The lowest BCUT2D eigenvalue weighted by Crippen LogP contribution is -2.42. The standard InChI is InChI=1S/C21H23Cl2N3O3/c1-15-3-2-4-16(9-15)14-29-21-18(22)10-17(11-19(21)23)12-24-25-20(27)13-26-5-7-28-8-6-26/h2-4,9-12H,5-8,13-14H2,1H3,(H,25,27)/b24-12+. The number of carbonyl (C=O) groups is 1. The van der Waals surface area contributed by atoms with Gasteiger partial charge in [-0.2, -0.15) is 5.10 Å². The normalized spacial score (nSPS) is 14.9. The first-order valence-electron chi connectivity index (χ1n) is 9.30. The Labute approximate surface area is 180 Å². The van der Waals surface area contributed by atoms with Gasteiger partial charge < -0.3 is 9.47 Å². The van der Waals surface area contributed by atoms with Crippen molar-refractivity contribution in [3.63, 3.8) is 0 Å². The van der Waals surface area contributed by atoms with Gasteiger partial charge in [0.15, 0.2) is 5.75 Å². The Morgan fingerprint density at radius 2 is 1.97 bits per heavy atom. The van der Waals surface area contributed by atoms with Crippen LogP contribution in [-0.2, 0) is 16.1 Å². The van der Waals surface area contributed by atoms with Gasteiger partial charge in [0.2, 0.25) is 0 Å². The zero-order valence-corrected chi connectivity index (χ0v) is 17.7. The molecule has 0 aliphatic carbocycles. The molecule has 2 aromatic carbocycles. The number of hydrogen-bond acceptors (Lipinski definition) is 5. The van der Waals surface area contributed by atoms with Crippen molar-refractivity contribution in [2.75, 3.05) is 32.8 Å². The Hall–Kier alpha value is -2.12. The SMILES string of the molecule is Cc1cccc(COc2c(Cl)cc(/C=N/NC(=O)CN3CCOCC3)cc2Cl)c1. The monoisotopic (exact) mass is 435 g/mol. The zero-order chi connectivity index (χ0) is 20.6. The maximum absolute atomic E-state index is 12.0. The van der Waals surface area contributed by atoms with Gasteiger partial charge in [-0.25, -0.2) is 5.43 Å². The number of hydrazone groups is 1. The predicted molar refractivity (Wildman–Crippen MR) is 115 cm³/mol. The molecule has 0 spiro atoms. The van der Waals surface area contributed by atoms with Crippen LogP contribution in [0.25, 0.3) is 0 Å². The number of halogens is 2. The molecule has 154 valence electrons. The number of nitrogens with zero attached hydrogens (tertiary/aromatic N) is 2. The smallest absolute Gasteiger partial charge is 0.254 e. The minimum Gasteiger partial charge on any atom is -0.486 e. The minimum absolute atomic E-state index is 0.182. The highest BCUT2D eigenvalue weighted by Gasteiger charge is 2.14. The van der Waals surface area contributed by atoms with Crippen molar-refractivity contribution in [3.8, 4) is 5.75 Å². The van der Waals surface area contributed by atoms with Crippen LogP contribution in [0.15, 0.2) is 41.5 Å². The van der Waals surface area contributed by atoms with Crippen LogP contribution < -0.4 is 10.2 Å². The fourth-order valence-corrected chi connectivity index (χ4v) is 3.54. The van der Waals surface area contributed by atoms with Crippen molar-refractivity contribution < 1.29 is 14.3 Å². The summed E-state index contributed by atoms with van der Waals surface area (Å²) in [7, 11) is 0. The van der Waals surface area contributed by atoms with Crippen molar-refractivity contribution in [2.45, 2.75) is 13.5 Å². The molecule has 8 heteroatoms. The van der Waals surface area contributed by atoms with Gasteiger partial charge in [0.05, 0.1) is 36.0 Å². The van der Waals surface area contributed by atoms with Gasteiger partial charge in [-0.05, 0) is 30.2 Å². The van der Waals surface area contributed by atoms with Gasteiger partial charge in [0.25, 0.3) is 5.91 Å². The van der Waals surface area contributed by atoms with Gasteiger partial charge >= 0.3 is 0 Å². The van der Waals surface area contributed by atoms with Crippen LogP contribution in [0.2, 0.25) is 10.0 Å².